The molecular formula is C27H34N4O4S2. The van der Waals surface area contributed by atoms with Gasteiger partial charge >= 0.3 is 5.97 Å². The molecule has 1 aromatic heterocycles. The molecule has 2 aliphatic rings. The lowest BCUT2D eigenvalue weighted by molar-refractivity contribution is 0.0735. The number of sulfonamides is 1. The maximum Gasteiger partial charge on any atom is 0.343 e. The number of hydrogen-bond acceptors (Lipinski definition) is 8. The number of benzene rings is 2. The third kappa shape index (κ3) is 5.67. The van der Waals surface area contributed by atoms with E-state index in [2.05, 4.69) is 16.7 Å². The molecule has 0 bridgehead atoms. The first-order valence-corrected chi connectivity index (χ1v) is 15.3. The summed E-state index contributed by atoms with van der Waals surface area (Å²) in [5.41, 5.74) is 1.19. The van der Waals surface area contributed by atoms with Gasteiger partial charge in [-0.05, 0) is 55.8 Å². The molecule has 5 rings (SSSR count). The predicted octanol–water partition coefficient (Wildman–Crippen LogP) is 4.61. The molecule has 0 N–H and O–H groups in total. The van der Waals surface area contributed by atoms with E-state index in [1.165, 1.54) is 28.6 Å². The summed E-state index contributed by atoms with van der Waals surface area (Å²) in [6.07, 6.45) is 5.05. The van der Waals surface area contributed by atoms with Crippen molar-refractivity contribution in [1.29, 1.82) is 0 Å². The Kier molecular flexibility index (Phi) is 7.80. The number of aromatic nitrogens is 1. The Bertz CT molecular complexity index is 1340. The molecule has 2 aromatic carbocycles. The van der Waals surface area contributed by atoms with Gasteiger partial charge in [0, 0.05) is 45.3 Å². The summed E-state index contributed by atoms with van der Waals surface area (Å²) >= 11 is 1.60. The largest absolute Gasteiger partial charge is 0.423 e. The zero-order valence-corrected chi connectivity index (χ0v) is 23.1. The predicted molar refractivity (Wildman–Crippen MR) is 147 cm³/mol. The van der Waals surface area contributed by atoms with Crippen LogP contribution < -0.4 is 9.64 Å². The Labute approximate surface area is 222 Å². The average Bonchev–Trinajstić information content (AvgIpc) is 3.36. The minimum absolute atomic E-state index is 0.0338. The minimum atomic E-state index is -3.61. The molecule has 8 nitrogen and oxygen atoms in total. The third-order valence-corrected chi connectivity index (χ3v) is 10.5. The quantitative estimate of drug-likeness (QED) is 0.318. The van der Waals surface area contributed by atoms with Crippen molar-refractivity contribution in [3.63, 3.8) is 0 Å². The maximum atomic E-state index is 13.1. The molecule has 2 heterocycles. The zero-order chi connectivity index (χ0) is 26.0. The molecule has 10 heteroatoms. The average molecular weight is 543 g/mol. The fourth-order valence-electron chi connectivity index (χ4n) is 5.08. The highest BCUT2D eigenvalue weighted by atomic mass is 32.2. The second-order valence-corrected chi connectivity index (χ2v) is 12.8. The maximum absolute atomic E-state index is 13.1. The van der Waals surface area contributed by atoms with Crippen molar-refractivity contribution in [3.05, 3.63) is 48.0 Å². The summed E-state index contributed by atoms with van der Waals surface area (Å²) in [7, 11) is -1.95. The molecule has 1 aliphatic carbocycles. The van der Waals surface area contributed by atoms with E-state index >= 15 is 0 Å². The van der Waals surface area contributed by atoms with Crippen LogP contribution in [0.5, 0.6) is 5.75 Å². The SMILES string of the molecule is CCN1CCN(c2nc3ccc(OC(=O)c4ccc(S(=O)(=O)N(C)C5CCCCC5)cc4)cc3s2)CC1. The number of likely N-dealkylation sites (N-methyl/N-ethyl adjacent to an activating group) is 1. The highest BCUT2D eigenvalue weighted by Gasteiger charge is 2.29. The van der Waals surface area contributed by atoms with Crippen molar-refractivity contribution >= 4 is 42.7 Å². The summed E-state index contributed by atoms with van der Waals surface area (Å²) in [5, 5.41) is 0.990. The number of esters is 1. The molecule has 3 aromatic rings. The second kappa shape index (κ2) is 11.1. The standard InChI is InChI=1S/C27H34N4O4S2/c1-3-30-15-17-31(18-16-30)27-28-24-14-11-22(19-25(24)36-27)35-26(32)20-9-12-23(13-10-20)37(33,34)29(2)21-7-5-4-6-8-21/h9-14,19,21H,3-8,15-18H2,1-2H3. The van der Waals surface area contributed by atoms with Crippen molar-refractivity contribution in [2.24, 2.45) is 0 Å². The summed E-state index contributed by atoms with van der Waals surface area (Å²) in [5.74, 6) is -0.0819. The van der Waals surface area contributed by atoms with Gasteiger partial charge in [0.05, 0.1) is 20.7 Å². The number of ether oxygens (including phenoxy) is 1. The molecule has 0 radical (unpaired) electrons. The van der Waals surface area contributed by atoms with Gasteiger partial charge in [0.2, 0.25) is 10.0 Å². The Morgan fingerprint density at radius 3 is 2.43 bits per heavy atom. The van der Waals surface area contributed by atoms with Crippen LogP contribution in [0.25, 0.3) is 10.2 Å². The van der Waals surface area contributed by atoms with E-state index < -0.39 is 16.0 Å². The molecule has 0 amide bonds. The molecule has 1 aliphatic heterocycles. The van der Waals surface area contributed by atoms with E-state index in [-0.39, 0.29) is 10.9 Å². The lowest BCUT2D eigenvalue weighted by Crippen LogP contribution is -2.46. The van der Waals surface area contributed by atoms with Gasteiger partial charge in [-0.3, -0.25) is 0 Å². The van der Waals surface area contributed by atoms with E-state index in [9.17, 15) is 13.2 Å². The molecular weight excluding hydrogens is 508 g/mol. The second-order valence-electron chi connectivity index (χ2n) is 9.77. The summed E-state index contributed by atoms with van der Waals surface area (Å²) in [6.45, 7) is 7.23. The van der Waals surface area contributed by atoms with Gasteiger partial charge in [-0.2, -0.15) is 4.31 Å². The van der Waals surface area contributed by atoms with Crippen molar-refractivity contribution in [1.82, 2.24) is 14.2 Å². The molecule has 37 heavy (non-hydrogen) atoms. The van der Waals surface area contributed by atoms with E-state index in [1.54, 1.807) is 24.5 Å². The highest BCUT2D eigenvalue weighted by molar-refractivity contribution is 7.89. The van der Waals surface area contributed by atoms with Crippen molar-refractivity contribution in [2.75, 3.05) is 44.7 Å². The van der Waals surface area contributed by atoms with Crippen LogP contribution in [-0.4, -0.2) is 74.4 Å². The van der Waals surface area contributed by atoms with E-state index in [1.807, 2.05) is 12.1 Å². The van der Waals surface area contributed by atoms with Crippen LogP contribution in [0.3, 0.4) is 0 Å². The first-order chi connectivity index (χ1) is 17.8. The van der Waals surface area contributed by atoms with Crippen LogP contribution in [-0.2, 0) is 10.0 Å². The molecule has 0 unspecified atom stereocenters. The van der Waals surface area contributed by atoms with Gasteiger partial charge in [-0.15, -0.1) is 0 Å². The van der Waals surface area contributed by atoms with Crippen LogP contribution in [0.4, 0.5) is 5.13 Å². The third-order valence-electron chi connectivity index (χ3n) is 7.51. The van der Waals surface area contributed by atoms with Crippen molar-refractivity contribution in [3.8, 4) is 5.75 Å². The van der Waals surface area contributed by atoms with Crippen LogP contribution in [0.1, 0.15) is 49.4 Å². The number of carbonyl (C=O) groups excluding carboxylic acids is 1. The van der Waals surface area contributed by atoms with Crippen LogP contribution in [0, 0.1) is 0 Å². The minimum Gasteiger partial charge on any atom is -0.423 e. The first-order valence-electron chi connectivity index (χ1n) is 13.0. The fourth-order valence-corrected chi connectivity index (χ4v) is 7.54. The number of anilines is 1. The van der Waals surface area contributed by atoms with E-state index in [4.69, 9.17) is 9.72 Å². The fraction of sp³-hybridized carbons (Fsp3) is 0.481. The Hall–Kier alpha value is -2.53. The highest BCUT2D eigenvalue weighted by Crippen LogP contribution is 2.32. The van der Waals surface area contributed by atoms with Crippen LogP contribution in [0.2, 0.25) is 0 Å². The topological polar surface area (TPSA) is 83.0 Å². The normalized spacial score (nSPS) is 18.0. The van der Waals surface area contributed by atoms with E-state index in [0.717, 1.165) is 80.2 Å². The summed E-state index contributed by atoms with van der Waals surface area (Å²) < 4.78 is 34.2. The van der Waals surface area contributed by atoms with E-state index in [0.29, 0.717) is 11.3 Å². The number of hydrogen-bond donors (Lipinski definition) is 0. The Balaban J connectivity index is 1.25. The van der Waals surface area contributed by atoms with Gasteiger partial charge in [-0.1, -0.05) is 37.5 Å². The van der Waals surface area contributed by atoms with Gasteiger partial charge in [-0.25, -0.2) is 18.2 Å². The van der Waals surface area contributed by atoms with Gasteiger partial charge < -0.3 is 14.5 Å². The molecule has 1 saturated carbocycles. The smallest absolute Gasteiger partial charge is 0.343 e. The molecule has 1 saturated heterocycles. The van der Waals surface area contributed by atoms with Gasteiger partial charge in [0.15, 0.2) is 5.13 Å². The summed E-state index contributed by atoms with van der Waals surface area (Å²) in [4.78, 5) is 22.5. The van der Waals surface area contributed by atoms with Crippen LogP contribution in [0.15, 0.2) is 47.4 Å². The Morgan fingerprint density at radius 1 is 1.05 bits per heavy atom. The number of rotatable bonds is 7. The number of piperazine rings is 1. The number of nitrogens with zero attached hydrogens (tertiary/aromatic N) is 4. The first kappa shape index (κ1) is 26.1. The number of fused-ring (bicyclic) bond motifs is 1. The van der Waals surface area contributed by atoms with Gasteiger partial charge in [0.25, 0.3) is 0 Å². The number of thiazole rings is 1. The molecule has 2 fully saturated rings. The van der Waals surface area contributed by atoms with Crippen LogP contribution >= 0.6 is 11.3 Å². The summed E-state index contributed by atoms with van der Waals surface area (Å²) in [6, 6.07) is 11.5. The van der Waals surface area contributed by atoms with Crippen molar-refractivity contribution < 1.29 is 17.9 Å². The molecule has 0 spiro atoms. The zero-order valence-electron chi connectivity index (χ0n) is 21.4. The lowest BCUT2D eigenvalue weighted by atomic mass is 9.96. The Morgan fingerprint density at radius 2 is 1.76 bits per heavy atom. The lowest BCUT2D eigenvalue weighted by Gasteiger charge is -2.33. The molecule has 198 valence electrons. The molecule has 0 atom stereocenters. The number of carbonyl (C=O) groups is 1. The van der Waals surface area contributed by atoms with Gasteiger partial charge in [0.1, 0.15) is 5.75 Å². The monoisotopic (exact) mass is 542 g/mol. The van der Waals surface area contributed by atoms with Crippen molar-refractivity contribution in [2.45, 2.75) is 50.0 Å².